The lowest BCUT2D eigenvalue weighted by molar-refractivity contribution is 0.305. The van der Waals surface area contributed by atoms with Gasteiger partial charge in [0.15, 0.2) is 0 Å². The predicted octanol–water partition coefficient (Wildman–Crippen LogP) is 3.00. The van der Waals surface area contributed by atoms with Crippen LogP contribution in [-0.4, -0.2) is 7.05 Å². The highest BCUT2D eigenvalue weighted by Gasteiger charge is 2.02. The molecule has 0 heterocycles. The summed E-state index contributed by atoms with van der Waals surface area (Å²) in [5.41, 5.74) is 2.05. The second kappa shape index (κ2) is 6.69. The Morgan fingerprint density at radius 1 is 1.20 bits per heavy atom. The van der Waals surface area contributed by atoms with Crippen LogP contribution >= 0.6 is 0 Å². The van der Waals surface area contributed by atoms with Crippen LogP contribution in [0.4, 0.5) is 4.39 Å². The van der Waals surface area contributed by atoms with Gasteiger partial charge in [0.1, 0.15) is 18.2 Å². The standard InChI is InChI=1S/C16H15FN2O/c1-19-10-12-3-2-4-16(8-12)20-11-14-5-13(9-18)6-15(17)7-14/h2-8,19H,10-11H2,1H3. The van der Waals surface area contributed by atoms with E-state index in [1.807, 2.05) is 37.4 Å². The molecule has 2 aromatic carbocycles. The van der Waals surface area contributed by atoms with E-state index in [0.717, 1.165) is 17.9 Å². The van der Waals surface area contributed by atoms with Crippen LogP contribution in [-0.2, 0) is 13.2 Å². The monoisotopic (exact) mass is 270 g/mol. The lowest BCUT2D eigenvalue weighted by atomic mass is 10.1. The van der Waals surface area contributed by atoms with Gasteiger partial charge in [0.25, 0.3) is 0 Å². The van der Waals surface area contributed by atoms with Gasteiger partial charge in [-0.05, 0) is 48.5 Å². The molecule has 0 aromatic heterocycles. The molecule has 0 aliphatic carbocycles. The molecule has 0 atom stereocenters. The van der Waals surface area contributed by atoms with Crippen molar-refractivity contribution in [3.05, 3.63) is 65.0 Å². The maximum atomic E-state index is 13.3. The van der Waals surface area contributed by atoms with Crippen LogP contribution in [0.15, 0.2) is 42.5 Å². The van der Waals surface area contributed by atoms with E-state index < -0.39 is 5.82 Å². The highest BCUT2D eigenvalue weighted by atomic mass is 19.1. The van der Waals surface area contributed by atoms with Crippen molar-refractivity contribution in [3.8, 4) is 11.8 Å². The first-order valence-corrected chi connectivity index (χ1v) is 6.27. The lowest BCUT2D eigenvalue weighted by Gasteiger charge is -2.08. The van der Waals surface area contributed by atoms with Crippen molar-refractivity contribution >= 4 is 0 Å². The number of benzene rings is 2. The summed E-state index contributed by atoms with van der Waals surface area (Å²) in [6.07, 6.45) is 0. The van der Waals surface area contributed by atoms with E-state index >= 15 is 0 Å². The molecule has 0 fully saturated rings. The average Bonchev–Trinajstić information content (AvgIpc) is 2.45. The minimum Gasteiger partial charge on any atom is -0.489 e. The number of ether oxygens (including phenoxy) is 1. The molecule has 0 aliphatic rings. The molecule has 0 unspecified atom stereocenters. The summed E-state index contributed by atoms with van der Waals surface area (Å²) in [6, 6.07) is 13.8. The smallest absolute Gasteiger partial charge is 0.124 e. The molecular weight excluding hydrogens is 255 g/mol. The molecule has 20 heavy (non-hydrogen) atoms. The molecule has 0 spiro atoms. The van der Waals surface area contributed by atoms with E-state index in [2.05, 4.69) is 5.32 Å². The molecule has 0 saturated heterocycles. The van der Waals surface area contributed by atoms with E-state index in [9.17, 15) is 4.39 Å². The minimum atomic E-state index is -0.424. The summed E-state index contributed by atoms with van der Waals surface area (Å²) >= 11 is 0. The van der Waals surface area contributed by atoms with E-state index in [0.29, 0.717) is 11.1 Å². The molecule has 0 radical (unpaired) electrons. The Bertz CT molecular complexity index is 635. The first kappa shape index (κ1) is 14.0. The van der Waals surface area contributed by atoms with Gasteiger partial charge < -0.3 is 10.1 Å². The maximum Gasteiger partial charge on any atom is 0.124 e. The van der Waals surface area contributed by atoms with Gasteiger partial charge >= 0.3 is 0 Å². The summed E-state index contributed by atoms with van der Waals surface area (Å²) < 4.78 is 18.9. The molecule has 2 rings (SSSR count). The van der Waals surface area contributed by atoms with Crippen LogP contribution in [0, 0.1) is 17.1 Å². The quantitative estimate of drug-likeness (QED) is 0.908. The minimum absolute atomic E-state index is 0.232. The third kappa shape index (κ3) is 3.81. The van der Waals surface area contributed by atoms with Crippen LogP contribution in [0.1, 0.15) is 16.7 Å². The van der Waals surface area contributed by atoms with Crippen molar-refractivity contribution in [3.63, 3.8) is 0 Å². The van der Waals surface area contributed by atoms with Gasteiger partial charge in [-0.3, -0.25) is 0 Å². The Morgan fingerprint density at radius 3 is 2.80 bits per heavy atom. The van der Waals surface area contributed by atoms with Crippen molar-refractivity contribution in [1.82, 2.24) is 5.32 Å². The first-order valence-electron chi connectivity index (χ1n) is 6.27. The Morgan fingerprint density at radius 2 is 2.05 bits per heavy atom. The van der Waals surface area contributed by atoms with Crippen molar-refractivity contribution in [2.75, 3.05) is 7.05 Å². The SMILES string of the molecule is CNCc1cccc(OCc2cc(F)cc(C#N)c2)c1. The van der Waals surface area contributed by atoms with Gasteiger partial charge in [-0.1, -0.05) is 12.1 Å². The summed E-state index contributed by atoms with van der Waals surface area (Å²) in [7, 11) is 1.88. The highest BCUT2D eigenvalue weighted by Crippen LogP contribution is 2.16. The Balaban J connectivity index is 2.07. The number of nitriles is 1. The molecule has 1 N–H and O–H groups in total. The molecule has 0 saturated carbocycles. The van der Waals surface area contributed by atoms with Crippen LogP contribution in [0.25, 0.3) is 0 Å². The van der Waals surface area contributed by atoms with Crippen LogP contribution < -0.4 is 10.1 Å². The largest absolute Gasteiger partial charge is 0.489 e. The van der Waals surface area contributed by atoms with Crippen molar-refractivity contribution in [2.45, 2.75) is 13.2 Å². The van der Waals surface area contributed by atoms with Gasteiger partial charge in [0.05, 0.1) is 11.6 Å². The number of rotatable bonds is 5. The molecule has 3 nitrogen and oxygen atoms in total. The molecule has 0 aliphatic heterocycles. The highest BCUT2D eigenvalue weighted by molar-refractivity contribution is 5.34. The van der Waals surface area contributed by atoms with Gasteiger partial charge in [-0.15, -0.1) is 0 Å². The second-order valence-electron chi connectivity index (χ2n) is 4.43. The summed E-state index contributed by atoms with van der Waals surface area (Å²) in [6.45, 7) is 0.991. The Kier molecular flexibility index (Phi) is 4.70. The van der Waals surface area contributed by atoms with Gasteiger partial charge in [0.2, 0.25) is 0 Å². The average molecular weight is 270 g/mol. The summed E-state index contributed by atoms with van der Waals surface area (Å²) in [4.78, 5) is 0. The third-order valence-corrected chi connectivity index (χ3v) is 2.77. The van der Waals surface area contributed by atoms with Crippen LogP contribution in [0.5, 0.6) is 5.75 Å². The van der Waals surface area contributed by atoms with Gasteiger partial charge in [-0.25, -0.2) is 4.39 Å². The van der Waals surface area contributed by atoms with Crippen LogP contribution in [0.3, 0.4) is 0 Å². The Hall–Kier alpha value is -2.38. The zero-order valence-corrected chi connectivity index (χ0v) is 11.2. The number of halogens is 1. The van der Waals surface area contributed by atoms with E-state index in [4.69, 9.17) is 10.00 Å². The second-order valence-corrected chi connectivity index (χ2v) is 4.43. The number of hydrogen-bond acceptors (Lipinski definition) is 3. The van der Waals surface area contributed by atoms with Gasteiger partial charge in [0, 0.05) is 6.54 Å². The molecule has 4 heteroatoms. The number of hydrogen-bond donors (Lipinski definition) is 1. The van der Waals surface area contributed by atoms with Crippen LogP contribution in [0.2, 0.25) is 0 Å². The normalized spacial score (nSPS) is 10.1. The summed E-state index contributed by atoms with van der Waals surface area (Å²) in [5, 5.41) is 11.9. The van der Waals surface area contributed by atoms with Crippen molar-refractivity contribution in [2.24, 2.45) is 0 Å². The lowest BCUT2D eigenvalue weighted by Crippen LogP contribution is -2.05. The molecule has 0 amide bonds. The maximum absolute atomic E-state index is 13.3. The first-order chi connectivity index (χ1) is 9.71. The molecule has 2 aromatic rings. The van der Waals surface area contributed by atoms with Gasteiger partial charge in [-0.2, -0.15) is 5.26 Å². The predicted molar refractivity (Wildman–Crippen MR) is 74.7 cm³/mol. The fourth-order valence-corrected chi connectivity index (χ4v) is 1.91. The number of nitrogens with zero attached hydrogens (tertiary/aromatic N) is 1. The summed E-state index contributed by atoms with van der Waals surface area (Å²) in [5.74, 6) is 0.298. The number of nitrogens with one attached hydrogen (secondary N) is 1. The fraction of sp³-hybridized carbons (Fsp3) is 0.188. The van der Waals surface area contributed by atoms with E-state index in [1.165, 1.54) is 12.1 Å². The molecular formula is C16H15FN2O. The van der Waals surface area contributed by atoms with E-state index in [1.54, 1.807) is 6.07 Å². The van der Waals surface area contributed by atoms with Crippen molar-refractivity contribution in [1.29, 1.82) is 5.26 Å². The zero-order valence-electron chi connectivity index (χ0n) is 11.2. The molecule has 0 bridgehead atoms. The van der Waals surface area contributed by atoms with Crippen molar-refractivity contribution < 1.29 is 9.13 Å². The van der Waals surface area contributed by atoms with E-state index in [-0.39, 0.29) is 6.61 Å². The third-order valence-electron chi connectivity index (χ3n) is 2.77. The topological polar surface area (TPSA) is 45.0 Å². The fourth-order valence-electron chi connectivity index (χ4n) is 1.91. The Labute approximate surface area is 117 Å². The molecule has 102 valence electrons. The zero-order chi connectivity index (χ0) is 14.4.